The number of nitrogens with one attached hydrogen (secondary N) is 11. The van der Waals surface area contributed by atoms with Crippen molar-refractivity contribution in [1.29, 1.82) is 0 Å². The minimum absolute atomic E-state index is 0.0272. The van der Waals surface area contributed by atoms with E-state index in [1.54, 1.807) is 0 Å². The number of aliphatic carboxylic acids is 2. The highest BCUT2D eigenvalue weighted by atomic mass is 16.4. The van der Waals surface area contributed by atoms with Gasteiger partial charge in [0.1, 0.15) is 54.1 Å². The fourth-order valence-electron chi connectivity index (χ4n) is 7.81. The average molecular weight is 1310 g/mol. The summed E-state index contributed by atoms with van der Waals surface area (Å²) in [6.07, 6.45) is -7.19. The zero-order valence-corrected chi connectivity index (χ0v) is 50.1. The Bertz CT molecular complexity index is 2870. The van der Waals surface area contributed by atoms with Crippen molar-refractivity contribution in [3.8, 4) is 5.75 Å². The van der Waals surface area contributed by atoms with Gasteiger partial charge in [0, 0.05) is 32.2 Å². The maximum atomic E-state index is 14.0. The number of carboxylic acid groups (broad SMARTS) is 2. The summed E-state index contributed by atoms with van der Waals surface area (Å²) < 4.78 is 0. The van der Waals surface area contributed by atoms with Crippen LogP contribution in [0.5, 0.6) is 5.75 Å². The van der Waals surface area contributed by atoms with E-state index in [-0.39, 0.29) is 37.5 Å². The number of carbonyl (C=O) groups is 17. The minimum atomic E-state index is -1.84. The molecule has 0 unspecified atom stereocenters. The maximum Gasteiger partial charge on any atom is 0.326 e. The second-order valence-corrected chi connectivity index (χ2v) is 20.5. The van der Waals surface area contributed by atoms with E-state index < -0.39 is 238 Å². The lowest BCUT2D eigenvalue weighted by Crippen LogP contribution is -2.60. The maximum absolute atomic E-state index is 14.0. The summed E-state index contributed by atoms with van der Waals surface area (Å²) in [6.45, 7) is -0.463. The Morgan fingerprint density at radius 2 is 0.848 bits per heavy atom. The van der Waals surface area contributed by atoms with Gasteiger partial charge >= 0.3 is 11.9 Å². The van der Waals surface area contributed by atoms with Crippen LogP contribution in [-0.2, 0) is 87.9 Å². The molecule has 92 heavy (non-hydrogen) atoms. The molecule has 40 nitrogen and oxygen atoms in total. The smallest absolute Gasteiger partial charge is 0.326 e. The molecule has 0 aliphatic heterocycles. The molecule has 0 spiro atoms. The highest BCUT2D eigenvalue weighted by molar-refractivity contribution is 5.99. The van der Waals surface area contributed by atoms with Gasteiger partial charge in [-0.2, -0.15) is 0 Å². The standard InChI is InChI=1S/C52H81N19O21/c1-23(43(83)71-42(24(2)72)50(90)63-20-38(78)61-21-39(79)65-28(4-3-17-60-52(58)59)45(85)62-22-40(80)66-33(51(91)92)19-41(81)82)64-46(86)29(9-13-34(54)74)68-48(88)31(11-15-36(56)76)70-49(89)32(12-16-37(57)77)69-47(87)30(10-14-35(55)75)67-44(84)27(53)18-25-5-7-26(73)8-6-25/h5-8,23-24,27-33,42,72-73H,3-4,9-22,53H2,1-2H3,(H2,54,74)(H2,55,75)(H2,56,76)(H2,57,77)(H,61,78)(H,62,85)(H,63,90)(H,64,86)(H,65,79)(H,66,80)(H,67,84)(H,68,88)(H,69,87)(H,70,89)(H,71,83)(H,81,82)(H,91,92)(H4,58,59,60)/t23-,24+,27-,28-,29-,30-,31-,32-,33-,42-/m0/s1. The van der Waals surface area contributed by atoms with Crippen molar-refractivity contribution >= 4 is 107 Å². The molecule has 0 aliphatic rings. The summed E-state index contributed by atoms with van der Waals surface area (Å²) in [5, 5.41) is 62.4. The van der Waals surface area contributed by atoms with Crippen LogP contribution in [0.1, 0.15) is 90.0 Å². The third-order valence-electron chi connectivity index (χ3n) is 12.7. The quantitative estimate of drug-likeness (QED) is 0.0164. The van der Waals surface area contributed by atoms with Crippen molar-refractivity contribution in [2.24, 2.45) is 45.1 Å². The lowest BCUT2D eigenvalue weighted by atomic mass is 10.0. The molecule has 29 N–H and O–H groups in total. The van der Waals surface area contributed by atoms with Crippen molar-refractivity contribution in [3.63, 3.8) is 0 Å². The van der Waals surface area contributed by atoms with Crippen LogP contribution in [0.25, 0.3) is 0 Å². The predicted molar refractivity (Wildman–Crippen MR) is 315 cm³/mol. The molecule has 1 rings (SSSR count). The summed E-state index contributed by atoms with van der Waals surface area (Å²) >= 11 is 0. The van der Waals surface area contributed by atoms with E-state index in [9.17, 15) is 96.8 Å². The molecule has 0 fully saturated rings. The lowest BCUT2D eigenvalue weighted by molar-refractivity contribution is -0.147. The van der Waals surface area contributed by atoms with Gasteiger partial charge in [-0.1, -0.05) is 12.1 Å². The Hall–Kier alpha value is -10.8. The molecule has 510 valence electrons. The number of guanidine groups is 1. The van der Waals surface area contributed by atoms with E-state index in [2.05, 4.69) is 58.2 Å². The van der Waals surface area contributed by atoms with Crippen molar-refractivity contribution in [1.82, 2.24) is 58.5 Å². The largest absolute Gasteiger partial charge is 0.508 e. The number of carbonyl (C=O) groups excluding carboxylic acids is 15. The monoisotopic (exact) mass is 1310 g/mol. The van der Waals surface area contributed by atoms with Gasteiger partial charge < -0.3 is 119 Å². The highest BCUT2D eigenvalue weighted by Gasteiger charge is 2.35. The number of primary amides is 4. The zero-order chi connectivity index (χ0) is 69.9. The number of aliphatic hydroxyl groups is 1. The molecule has 15 amide bonds. The number of nitrogens with zero attached hydrogens (tertiary/aromatic N) is 1. The number of carboxylic acids is 2. The van der Waals surface area contributed by atoms with Crippen LogP contribution in [0, 0.1) is 0 Å². The van der Waals surface area contributed by atoms with Crippen LogP contribution in [-0.4, -0.2) is 214 Å². The fourth-order valence-corrected chi connectivity index (χ4v) is 7.81. The Morgan fingerprint density at radius 3 is 1.26 bits per heavy atom. The van der Waals surface area contributed by atoms with Crippen molar-refractivity contribution < 1.29 is 102 Å². The van der Waals surface area contributed by atoms with Crippen LogP contribution in [0.4, 0.5) is 0 Å². The molecule has 0 radical (unpaired) electrons. The van der Waals surface area contributed by atoms with E-state index in [0.29, 0.717) is 5.56 Å². The van der Waals surface area contributed by atoms with E-state index >= 15 is 0 Å². The summed E-state index contributed by atoms with van der Waals surface area (Å²) in [5.41, 5.74) is 38.5. The first-order chi connectivity index (χ1) is 43.0. The second kappa shape index (κ2) is 40.7. The Kier molecular flexibility index (Phi) is 35.0. The zero-order valence-electron chi connectivity index (χ0n) is 50.1. The van der Waals surface area contributed by atoms with Crippen LogP contribution in [0.2, 0.25) is 0 Å². The topological polar surface area (TPSA) is 698 Å². The minimum Gasteiger partial charge on any atom is -0.508 e. The first-order valence-electron chi connectivity index (χ1n) is 28.1. The fraction of sp³-hybridized carbons (Fsp3) is 0.538. The van der Waals surface area contributed by atoms with Crippen LogP contribution < -0.4 is 98.6 Å². The lowest BCUT2D eigenvalue weighted by Gasteiger charge is -2.27. The molecule has 0 saturated heterocycles. The Morgan fingerprint density at radius 1 is 0.457 bits per heavy atom. The number of aromatic hydroxyl groups is 1. The number of benzene rings is 1. The molecule has 0 bridgehead atoms. The van der Waals surface area contributed by atoms with Crippen molar-refractivity contribution in [3.05, 3.63) is 29.8 Å². The van der Waals surface area contributed by atoms with E-state index in [1.807, 2.05) is 5.32 Å². The molecular formula is C52H81N19O21. The molecule has 10 atom stereocenters. The van der Waals surface area contributed by atoms with Gasteiger partial charge in [0.2, 0.25) is 88.6 Å². The van der Waals surface area contributed by atoms with E-state index in [4.69, 9.17) is 45.2 Å². The van der Waals surface area contributed by atoms with Crippen LogP contribution in [0.15, 0.2) is 29.3 Å². The number of aliphatic hydroxyl groups excluding tert-OH is 1. The van der Waals surface area contributed by atoms with Gasteiger partial charge in [-0.05, 0) is 76.5 Å². The third kappa shape index (κ3) is 33.0. The van der Waals surface area contributed by atoms with Gasteiger partial charge in [-0.3, -0.25) is 81.7 Å². The van der Waals surface area contributed by atoms with E-state index in [1.165, 1.54) is 24.3 Å². The molecule has 1 aromatic rings. The molecule has 0 aromatic heterocycles. The van der Waals surface area contributed by atoms with Crippen LogP contribution >= 0.6 is 0 Å². The van der Waals surface area contributed by atoms with Crippen LogP contribution in [0.3, 0.4) is 0 Å². The van der Waals surface area contributed by atoms with Gasteiger partial charge in [-0.25, -0.2) is 4.79 Å². The van der Waals surface area contributed by atoms with Crippen molar-refractivity contribution in [2.45, 2.75) is 151 Å². The summed E-state index contributed by atoms with van der Waals surface area (Å²) in [6, 6.07) is -9.30. The number of phenols is 1. The normalized spacial score (nSPS) is 14.0. The van der Waals surface area contributed by atoms with Gasteiger partial charge in [0.25, 0.3) is 0 Å². The summed E-state index contributed by atoms with van der Waals surface area (Å²) in [7, 11) is 0. The molecule has 0 aliphatic carbocycles. The van der Waals surface area contributed by atoms with Gasteiger partial charge in [0.05, 0.1) is 38.2 Å². The summed E-state index contributed by atoms with van der Waals surface area (Å²) in [4.78, 5) is 220. The number of hydrogen-bond donors (Lipinski definition) is 22. The number of hydrogen-bond acceptors (Lipinski definition) is 21. The number of rotatable bonds is 44. The SMILES string of the molecule is C[C@H](NC(=O)[C@H](CCC(N)=O)NC(=O)[C@H](CCC(N)=O)NC(=O)[C@H](CCC(N)=O)NC(=O)[C@H](CCC(N)=O)NC(=O)[C@@H](N)Cc1ccc(O)cc1)C(=O)N[C@H](C(=O)NCC(=O)NCC(=O)N[C@@H](CCCN=C(N)N)C(=O)NCC(=O)N[C@@H](CC(=O)O)C(=O)O)[C@@H](C)O. The molecule has 40 heteroatoms. The Labute approximate surface area is 523 Å². The number of nitrogens with two attached hydrogens (primary N) is 7. The van der Waals surface area contributed by atoms with E-state index in [0.717, 1.165) is 13.8 Å². The average Bonchev–Trinajstić information content (AvgIpc) is 1.22. The molecular weight excluding hydrogens is 1230 g/mol. The number of phenolic OH excluding ortho intramolecular Hbond substituents is 1. The highest BCUT2D eigenvalue weighted by Crippen LogP contribution is 2.12. The Balaban J connectivity index is 3.19. The molecule has 1 aromatic carbocycles. The van der Waals surface area contributed by atoms with Gasteiger partial charge in [-0.15, -0.1) is 0 Å². The summed E-state index contributed by atoms with van der Waals surface area (Å²) in [5.74, 6) is -19.5. The third-order valence-corrected chi connectivity index (χ3v) is 12.7. The number of amides is 15. The number of aliphatic imine (C=N–C) groups is 1. The first kappa shape index (κ1) is 79.2. The van der Waals surface area contributed by atoms with Crippen molar-refractivity contribution in [2.75, 3.05) is 26.2 Å². The second-order valence-electron chi connectivity index (χ2n) is 20.5. The first-order valence-corrected chi connectivity index (χ1v) is 28.1. The molecule has 0 saturated carbocycles. The predicted octanol–water partition coefficient (Wildman–Crippen LogP) is -11.4. The molecule has 0 heterocycles. The van der Waals surface area contributed by atoms with Gasteiger partial charge in [0.15, 0.2) is 5.96 Å².